The Kier molecular flexibility index (Phi) is 3.73. The molecule has 1 rings (SSSR count). The highest BCUT2D eigenvalue weighted by atomic mass is 16.6. The zero-order valence-corrected chi connectivity index (χ0v) is 9.66. The number of aliphatic hydroxyl groups is 1. The molecule has 0 aromatic carbocycles. The molecule has 0 radical (unpaired) electrons. The number of epoxide rings is 1. The minimum atomic E-state index is -0.211. The minimum absolute atomic E-state index is 0.0629. The van der Waals surface area contributed by atoms with E-state index in [9.17, 15) is 5.11 Å². The van der Waals surface area contributed by atoms with Gasteiger partial charge in [0.1, 0.15) is 0 Å². The van der Waals surface area contributed by atoms with Crippen LogP contribution in [0.2, 0.25) is 0 Å². The molecule has 14 heavy (non-hydrogen) atoms. The molecule has 1 saturated heterocycles. The summed E-state index contributed by atoms with van der Waals surface area (Å²) in [5.41, 5.74) is 0.0629. The van der Waals surface area contributed by atoms with Gasteiger partial charge in [0.2, 0.25) is 0 Å². The van der Waals surface area contributed by atoms with Crippen LogP contribution in [-0.4, -0.2) is 22.9 Å². The Morgan fingerprint density at radius 2 is 2.14 bits per heavy atom. The third kappa shape index (κ3) is 2.82. The SMILES string of the molecule is CC[C@H](O)[C@@H](C)/C=C/C[C@@]1(C)O[C@@H]1C. The lowest BCUT2D eigenvalue weighted by atomic mass is 9.99. The molecule has 1 aliphatic rings. The summed E-state index contributed by atoms with van der Waals surface area (Å²) in [4.78, 5) is 0. The summed E-state index contributed by atoms with van der Waals surface area (Å²) in [6.07, 6.45) is 6.17. The molecule has 1 N–H and O–H groups in total. The average Bonchev–Trinajstić information content (AvgIpc) is 2.73. The van der Waals surface area contributed by atoms with Gasteiger partial charge in [0.25, 0.3) is 0 Å². The Morgan fingerprint density at radius 3 is 2.57 bits per heavy atom. The zero-order valence-electron chi connectivity index (χ0n) is 9.66. The second kappa shape index (κ2) is 4.45. The van der Waals surface area contributed by atoms with E-state index < -0.39 is 0 Å². The highest BCUT2D eigenvalue weighted by Gasteiger charge is 2.47. The predicted molar refractivity (Wildman–Crippen MR) is 58.2 cm³/mol. The summed E-state index contributed by atoms with van der Waals surface area (Å²) < 4.78 is 5.46. The number of ether oxygens (including phenoxy) is 1. The van der Waals surface area contributed by atoms with E-state index in [-0.39, 0.29) is 17.6 Å². The van der Waals surface area contributed by atoms with Gasteiger partial charge in [-0.15, -0.1) is 0 Å². The minimum Gasteiger partial charge on any atom is -0.393 e. The topological polar surface area (TPSA) is 32.8 Å². The molecule has 4 atom stereocenters. The van der Waals surface area contributed by atoms with Crippen LogP contribution >= 0.6 is 0 Å². The third-order valence-electron chi connectivity index (χ3n) is 3.24. The summed E-state index contributed by atoms with van der Waals surface area (Å²) in [5, 5.41) is 9.54. The molecule has 0 aromatic heterocycles. The van der Waals surface area contributed by atoms with Crippen LogP contribution in [0, 0.1) is 5.92 Å². The molecular formula is C12H22O2. The fraction of sp³-hybridized carbons (Fsp3) is 0.833. The van der Waals surface area contributed by atoms with Crippen LogP contribution in [0.5, 0.6) is 0 Å². The van der Waals surface area contributed by atoms with Gasteiger partial charge in [-0.1, -0.05) is 26.0 Å². The summed E-state index contributed by atoms with van der Waals surface area (Å²) >= 11 is 0. The standard InChI is InChI=1S/C12H22O2/c1-5-11(13)9(2)7-6-8-12(4)10(3)14-12/h6-7,9-11,13H,5,8H2,1-4H3/b7-6+/t9-,10+,11-,12+/m0/s1. The Balaban J connectivity index is 2.27. The second-order valence-corrected chi connectivity index (χ2v) is 4.54. The van der Waals surface area contributed by atoms with E-state index in [1.165, 1.54) is 0 Å². The summed E-state index contributed by atoms with van der Waals surface area (Å²) in [5.74, 6) is 0.248. The van der Waals surface area contributed by atoms with Crippen molar-refractivity contribution in [2.24, 2.45) is 5.92 Å². The van der Waals surface area contributed by atoms with Crippen molar-refractivity contribution in [2.75, 3.05) is 0 Å². The summed E-state index contributed by atoms with van der Waals surface area (Å²) in [6, 6.07) is 0. The number of hydrogen-bond donors (Lipinski definition) is 1. The van der Waals surface area contributed by atoms with Crippen molar-refractivity contribution in [3.05, 3.63) is 12.2 Å². The molecule has 1 aliphatic heterocycles. The maximum absolute atomic E-state index is 9.54. The lowest BCUT2D eigenvalue weighted by Gasteiger charge is -2.12. The Bertz CT molecular complexity index is 212. The molecule has 0 saturated carbocycles. The van der Waals surface area contributed by atoms with Gasteiger partial charge in [-0.25, -0.2) is 0 Å². The molecule has 0 bridgehead atoms. The van der Waals surface area contributed by atoms with Crippen LogP contribution in [0.1, 0.15) is 40.5 Å². The van der Waals surface area contributed by atoms with E-state index in [4.69, 9.17) is 4.74 Å². The highest BCUT2D eigenvalue weighted by molar-refractivity contribution is 5.03. The van der Waals surface area contributed by atoms with Gasteiger partial charge in [-0.05, 0) is 32.6 Å². The molecule has 2 heteroatoms. The van der Waals surface area contributed by atoms with Gasteiger partial charge in [-0.2, -0.15) is 0 Å². The molecule has 1 fully saturated rings. The first-order valence-electron chi connectivity index (χ1n) is 5.52. The molecule has 0 unspecified atom stereocenters. The molecule has 0 aliphatic carbocycles. The van der Waals surface area contributed by atoms with Gasteiger partial charge < -0.3 is 9.84 Å². The molecule has 0 amide bonds. The lowest BCUT2D eigenvalue weighted by Crippen LogP contribution is -2.14. The summed E-state index contributed by atoms with van der Waals surface area (Å²) in [6.45, 7) is 8.27. The third-order valence-corrected chi connectivity index (χ3v) is 3.24. The molecular weight excluding hydrogens is 176 g/mol. The van der Waals surface area contributed by atoms with Gasteiger partial charge in [0.15, 0.2) is 0 Å². The van der Waals surface area contributed by atoms with E-state index in [0.29, 0.717) is 6.10 Å². The second-order valence-electron chi connectivity index (χ2n) is 4.54. The van der Waals surface area contributed by atoms with Crippen LogP contribution in [0.25, 0.3) is 0 Å². The van der Waals surface area contributed by atoms with E-state index in [1.54, 1.807) is 0 Å². The molecule has 0 aromatic rings. The maximum Gasteiger partial charge on any atom is 0.0951 e. The molecule has 2 nitrogen and oxygen atoms in total. The fourth-order valence-electron chi connectivity index (χ4n) is 1.60. The maximum atomic E-state index is 9.54. The van der Waals surface area contributed by atoms with Crippen molar-refractivity contribution in [1.29, 1.82) is 0 Å². The number of aliphatic hydroxyl groups excluding tert-OH is 1. The van der Waals surface area contributed by atoms with Crippen molar-refractivity contribution >= 4 is 0 Å². The Labute approximate surface area is 87.0 Å². The van der Waals surface area contributed by atoms with E-state index in [1.807, 2.05) is 13.8 Å². The molecule has 0 spiro atoms. The molecule has 82 valence electrons. The fourth-order valence-corrected chi connectivity index (χ4v) is 1.60. The van der Waals surface area contributed by atoms with Gasteiger partial charge in [-0.3, -0.25) is 0 Å². The smallest absolute Gasteiger partial charge is 0.0951 e. The van der Waals surface area contributed by atoms with E-state index in [2.05, 4.69) is 26.0 Å². The van der Waals surface area contributed by atoms with E-state index >= 15 is 0 Å². The van der Waals surface area contributed by atoms with Crippen LogP contribution in [-0.2, 0) is 4.74 Å². The summed E-state index contributed by atoms with van der Waals surface area (Å²) in [7, 11) is 0. The van der Waals surface area contributed by atoms with Crippen molar-refractivity contribution in [3.8, 4) is 0 Å². The Morgan fingerprint density at radius 1 is 1.57 bits per heavy atom. The monoisotopic (exact) mass is 198 g/mol. The van der Waals surface area contributed by atoms with Gasteiger partial charge in [0, 0.05) is 0 Å². The van der Waals surface area contributed by atoms with Crippen LogP contribution in [0.4, 0.5) is 0 Å². The normalized spacial score (nSPS) is 35.9. The largest absolute Gasteiger partial charge is 0.393 e. The lowest BCUT2D eigenvalue weighted by molar-refractivity contribution is 0.133. The molecule has 1 heterocycles. The first-order valence-corrected chi connectivity index (χ1v) is 5.52. The number of hydrogen-bond acceptors (Lipinski definition) is 2. The zero-order chi connectivity index (χ0) is 10.8. The highest BCUT2D eigenvalue weighted by Crippen LogP contribution is 2.39. The predicted octanol–water partition coefficient (Wildman–Crippen LogP) is 2.52. The first kappa shape index (κ1) is 11.7. The van der Waals surface area contributed by atoms with E-state index in [0.717, 1.165) is 12.8 Å². The van der Waals surface area contributed by atoms with Crippen molar-refractivity contribution in [3.63, 3.8) is 0 Å². The van der Waals surface area contributed by atoms with Gasteiger partial charge in [0.05, 0.1) is 17.8 Å². The quantitative estimate of drug-likeness (QED) is 0.544. The van der Waals surface area contributed by atoms with Crippen molar-refractivity contribution in [2.45, 2.75) is 58.3 Å². The Hall–Kier alpha value is -0.340. The van der Waals surface area contributed by atoms with Crippen molar-refractivity contribution in [1.82, 2.24) is 0 Å². The average molecular weight is 198 g/mol. The van der Waals surface area contributed by atoms with Crippen LogP contribution < -0.4 is 0 Å². The van der Waals surface area contributed by atoms with Crippen LogP contribution in [0.15, 0.2) is 12.2 Å². The van der Waals surface area contributed by atoms with Crippen LogP contribution in [0.3, 0.4) is 0 Å². The van der Waals surface area contributed by atoms with Crippen molar-refractivity contribution < 1.29 is 9.84 Å². The first-order chi connectivity index (χ1) is 6.49. The van der Waals surface area contributed by atoms with Gasteiger partial charge >= 0.3 is 0 Å². The number of rotatable bonds is 5.